The van der Waals surface area contributed by atoms with Crippen LogP contribution in [0.3, 0.4) is 0 Å². The minimum atomic E-state index is -4.52. The maximum atomic E-state index is 12.6. The Balaban J connectivity index is 1.39. The van der Waals surface area contributed by atoms with E-state index in [9.17, 15) is 27.6 Å². The number of hydrogen-bond acceptors (Lipinski definition) is 4. The molecule has 4 aliphatic carbocycles. The highest BCUT2D eigenvalue weighted by molar-refractivity contribution is 5.87. The molecule has 2 N–H and O–H groups in total. The molecule has 4 fully saturated rings. The average Bonchev–Trinajstić information content (AvgIpc) is 2.54. The molecule has 0 heterocycles. The van der Waals surface area contributed by atoms with E-state index in [1.54, 1.807) is 5.32 Å². The number of carbonyl (C=O) groups is 3. The zero-order valence-corrected chi connectivity index (χ0v) is 14.4. The minimum Gasteiger partial charge on any atom is -0.454 e. The molecule has 9 heteroatoms. The van der Waals surface area contributed by atoms with E-state index in [-0.39, 0.29) is 17.9 Å². The fourth-order valence-electron chi connectivity index (χ4n) is 5.18. The lowest BCUT2D eigenvalue weighted by Gasteiger charge is -2.55. The smallest absolute Gasteiger partial charge is 0.405 e. The predicted molar refractivity (Wildman–Crippen MR) is 83.6 cm³/mol. The van der Waals surface area contributed by atoms with Crippen molar-refractivity contribution in [2.45, 2.75) is 44.7 Å². The summed E-state index contributed by atoms with van der Waals surface area (Å²) in [6.07, 6.45) is 1.65. The van der Waals surface area contributed by atoms with Crippen LogP contribution in [0.15, 0.2) is 0 Å². The van der Waals surface area contributed by atoms with Gasteiger partial charge in [-0.2, -0.15) is 13.2 Å². The van der Waals surface area contributed by atoms with E-state index < -0.39 is 31.2 Å². The standard InChI is InChI=1S/C17H23F3N2O4/c18-17(19,20)9-22-13(23)8-26-14(24)7-21-15(25)16-4-10-1-11(5-16)3-12(2-10)6-16/h10-12H,1-9H2,(H,21,25)(H,22,23). The summed E-state index contributed by atoms with van der Waals surface area (Å²) in [7, 11) is 0. The van der Waals surface area contributed by atoms with Crippen LogP contribution in [-0.4, -0.2) is 43.7 Å². The maximum Gasteiger partial charge on any atom is 0.405 e. The van der Waals surface area contributed by atoms with Crippen LogP contribution in [-0.2, 0) is 19.1 Å². The Morgan fingerprint density at radius 3 is 2.00 bits per heavy atom. The highest BCUT2D eigenvalue weighted by atomic mass is 19.4. The zero-order valence-electron chi connectivity index (χ0n) is 14.4. The molecule has 2 amide bonds. The lowest BCUT2D eigenvalue weighted by Crippen LogP contribution is -2.54. The molecule has 0 aliphatic heterocycles. The topological polar surface area (TPSA) is 84.5 Å². The second kappa shape index (κ2) is 7.08. The summed E-state index contributed by atoms with van der Waals surface area (Å²) in [5.74, 6) is -0.243. The summed E-state index contributed by atoms with van der Waals surface area (Å²) in [5, 5.41) is 4.20. The van der Waals surface area contributed by atoms with Crippen molar-refractivity contribution in [2.75, 3.05) is 19.7 Å². The van der Waals surface area contributed by atoms with E-state index in [0.29, 0.717) is 17.8 Å². The van der Waals surface area contributed by atoms with Crippen LogP contribution < -0.4 is 10.6 Å². The van der Waals surface area contributed by atoms with Crippen LogP contribution in [0.25, 0.3) is 0 Å². The Bertz CT molecular complexity index is 556. The van der Waals surface area contributed by atoms with E-state index >= 15 is 0 Å². The molecular weight excluding hydrogens is 353 g/mol. The van der Waals surface area contributed by atoms with Crippen LogP contribution >= 0.6 is 0 Å². The van der Waals surface area contributed by atoms with Crippen LogP contribution in [0.5, 0.6) is 0 Å². The fraction of sp³-hybridized carbons (Fsp3) is 0.824. The molecule has 4 rings (SSSR count). The number of halogens is 3. The summed E-state index contributed by atoms with van der Waals surface area (Å²) < 4.78 is 40.5. The van der Waals surface area contributed by atoms with Gasteiger partial charge in [0.15, 0.2) is 6.61 Å². The van der Waals surface area contributed by atoms with Crippen molar-refractivity contribution in [3.8, 4) is 0 Å². The van der Waals surface area contributed by atoms with E-state index in [0.717, 1.165) is 19.3 Å². The van der Waals surface area contributed by atoms with Crippen LogP contribution in [0.4, 0.5) is 13.2 Å². The van der Waals surface area contributed by atoms with E-state index in [1.807, 2.05) is 0 Å². The quantitative estimate of drug-likeness (QED) is 0.689. The molecule has 0 saturated heterocycles. The first kappa shape index (κ1) is 19.0. The monoisotopic (exact) mass is 376 g/mol. The van der Waals surface area contributed by atoms with Gasteiger partial charge in [-0.3, -0.25) is 14.4 Å². The molecule has 146 valence electrons. The predicted octanol–water partition coefficient (Wildman–Crippen LogP) is 1.54. The zero-order chi connectivity index (χ0) is 18.9. The van der Waals surface area contributed by atoms with Crippen molar-refractivity contribution < 1.29 is 32.3 Å². The Hall–Kier alpha value is -1.80. The molecule has 0 radical (unpaired) electrons. The summed E-state index contributed by atoms with van der Waals surface area (Å²) in [5.41, 5.74) is -0.390. The lowest BCUT2D eigenvalue weighted by molar-refractivity contribution is -0.153. The number of carbonyl (C=O) groups excluding carboxylic acids is 3. The van der Waals surface area contributed by atoms with Gasteiger partial charge in [-0.1, -0.05) is 0 Å². The van der Waals surface area contributed by atoms with Gasteiger partial charge in [0.25, 0.3) is 5.91 Å². The van der Waals surface area contributed by atoms with Gasteiger partial charge >= 0.3 is 12.1 Å². The summed E-state index contributed by atoms with van der Waals surface area (Å²) in [6.45, 7) is -2.67. The first-order valence-electron chi connectivity index (χ1n) is 8.92. The molecule has 6 nitrogen and oxygen atoms in total. The van der Waals surface area contributed by atoms with Crippen molar-refractivity contribution in [1.29, 1.82) is 0 Å². The second-order valence-corrected chi connectivity index (χ2v) is 7.93. The normalized spacial score (nSPS) is 32.2. The summed E-state index contributed by atoms with van der Waals surface area (Å²) in [4.78, 5) is 35.5. The molecule has 0 aromatic rings. The Morgan fingerprint density at radius 2 is 1.50 bits per heavy atom. The number of ether oxygens (including phenoxy) is 1. The van der Waals surface area contributed by atoms with Gasteiger partial charge < -0.3 is 15.4 Å². The number of esters is 1. The van der Waals surface area contributed by atoms with Crippen LogP contribution in [0.2, 0.25) is 0 Å². The van der Waals surface area contributed by atoms with Gasteiger partial charge in [0.2, 0.25) is 5.91 Å². The summed E-state index contributed by atoms with van der Waals surface area (Å²) in [6, 6.07) is 0. The highest BCUT2D eigenvalue weighted by Gasteiger charge is 2.54. The van der Waals surface area contributed by atoms with Crippen molar-refractivity contribution in [3.63, 3.8) is 0 Å². The van der Waals surface area contributed by atoms with Crippen molar-refractivity contribution in [2.24, 2.45) is 23.2 Å². The average molecular weight is 376 g/mol. The molecule has 4 aliphatic rings. The molecular formula is C17H23F3N2O4. The first-order valence-corrected chi connectivity index (χ1v) is 8.92. The number of hydrogen-bond donors (Lipinski definition) is 2. The number of rotatable bonds is 6. The molecule has 0 unspecified atom stereocenters. The van der Waals surface area contributed by atoms with Gasteiger partial charge in [0, 0.05) is 5.41 Å². The SMILES string of the molecule is O=C(COC(=O)CNC(=O)C12CC3CC(CC(C3)C1)C2)NCC(F)(F)F. The van der Waals surface area contributed by atoms with Gasteiger partial charge in [-0.05, 0) is 56.3 Å². The number of amides is 2. The maximum absolute atomic E-state index is 12.6. The first-order chi connectivity index (χ1) is 12.2. The van der Waals surface area contributed by atoms with Crippen molar-refractivity contribution >= 4 is 17.8 Å². The second-order valence-electron chi connectivity index (χ2n) is 7.93. The fourth-order valence-corrected chi connectivity index (χ4v) is 5.18. The van der Waals surface area contributed by atoms with Crippen LogP contribution in [0, 0.1) is 23.2 Å². The van der Waals surface area contributed by atoms with Gasteiger partial charge in [0.1, 0.15) is 13.1 Å². The van der Waals surface area contributed by atoms with Gasteiger partial charge in [-0.25, -0.2) is 0 Å². The largest absolute Gasteiger partial charge is 0.454 e. The Morgan fingerprint density at radius 1 is 0.962 bits per heavy atom. The molecule has 0 aromatic carbocycles. The van der Waals surface area contributed by atoms with Crippen molar-refractivity contribution in [3.05, 3.63) is 0 Å². The van der Waals surface area contributed by atoms with Crippen molar-refractivity contribution in [1.82, 2.24) is 10.6 Å². The van der Waals surface area contributed by atoms with Gasteiger partial charge in [0.05, 0.1) is 0 Å². The number of nitrogens with one attached hydrogen (secondary N) is 2. The van der Waals surface area contributed by atoms with E-state index in [4.69, 9.17) is 0 Å². The Kier molecular flexibility index (Phi) is 5.16. The lowest BCUT2D eigenvalue weighted by atomic mass is 9.49. The summed E-state index contributed by atoms with van der Waals surface area (Å²) >= 11 is 0. The van der Waals surface area contributed by atoms with E-state index in [2.05, 4.69) is 10.1 Å². The minimum absolute atomic E-state index is 0.143. The molecule has 0 aromatic heterocycles. The molecule has 26 heavy (non-hydrogen) atoms. The number of alkyl halides is 3. The Labute approximate surface area is 149 Å². The molecule has 4 saturated carbocycles. The third kappa shape index (κ3) is 4.48. The van der Waals surface area contributed by atoms with Gasteiger partial charge in [-0.15, -0.1) is 0 Å². The molecule has 4 bridgehead atoms. The third-order valence-corrected chi connectivity index (χ3v) is 5.76. The highest BCUT2D eigenvalue weighted by Crippen LogP contribution is 2.60. The molecule has 0 spiro atoms. The molecule has 0 atom stereocenters. The van der Waals surface area contributed by atoms with Crippen LogP contribution in [0.1, 0.15) is 38.5 Å². The third-order valence-electron chi connectivity index (χ3n) is 5.76. The van der Waals surface area contributed by atoms with E-state index in [1.165, 1.54) is 19.3 Å².